The van der Waals surface area contributed by atoms with Gasteiger partial charge >= 0.3 is 6.09 Å². The molecule has 1 saturated heterocycles. The number of carbonyl (C=O) groups excluding carboxylic acids is 2. The summed E-state index contributed by atoms with van der Waals surface area (Å²) in [5.41, 5.74) is -0.494. The Kier molecular flexibility index (Phi) is 3.15. The fourth-order valence-electron chi connectivity index (χ4n) is 2.34. The first kappa shape index (κ1) is 12.4. The Labute approximate surface area is 102 Å². The number of rotatable bonds is 1. The zero-order chi connectivity index (χ0) is 12.6. The molecule has 0 N–H and O–H groups in total. The molecule has 0 aromatic rings. The van der Waals surface area contributed by atoms with Crippen LogP contribution in [-0.2, 0) is 9.53 Å². The third-order valence-corrected chi connectivity index (χ3v) is 3.26. The number of ether oxygens (including phenoxy) is 1. The van der Waals surface area contributed by atoms with Gasteiger partial charge in [0, 0.05) is 12.5 Å². The van der Waals surface area contributed by atoms with E-state index >= 15 is 0 Å². The molecule has 96 valence electrons. The van der Waals surface area contributed by atoms with Crippen LogP contribution in [-0.4, -0.2) is 35.0 Å². The van der Waals surface area contributed by atoms with E-state index < -0.39 is 5.60 Å². The second-order valence-corrected chi connectivity index (χ2v) is 6.09. The van der Waals surface area contributed by atoms with Crippen molar-refractivity contribution in [2.75, 3.05) is 6.54 Å². The minimum absolute atomic E-state index is 0.146. The van der Waals surface area contributed by atoms with Crippen LogP contribution in [0, 0.1) is 5.92 Å². The van der Waals surface area contributed by atoms with Gasteiger partial charge in [0.1, 0.15) is 5.60 Å². The fraction of sp³-hybridized carbons (Fsp3) is 0.846. The van der Waals surface area contributed by atoms with Gasteiger partial charge in [-0.05, 0) is 46.0 Å². The summed E-state index contributed by atoms with van der Waals surface area (Å²) in [6, 6.07) is 0.225. The van der Waals surface area contributed by atoms with Crippen molar-refractivity contribution >= 4 is 11.9 Å². The first-order valence-electron chi connectivity index (χ1n) is 6.38. The van der Waals surface area contributed by atoms with Crippen LogP contribution in [0.3, 0.4) is 0 Å². The van der Waals surface area contributed by atoms with Crippen molar-refractivity contribution in [2.45, 2.75) is 58.1 Å². The molecule has 0 aromatic heterocycles. The summed E-state index contributed by atoms with van der Waals surface area (Å²) < 4.78 is 5.37. The highest BCUT2D eigenvalue weighted by atomic mass is 16.6. The van der Waals surface area contributed by atoms with Gasteiger partial charge in [0.2, 0.25) is 0 Å². The first-order valence-corrected chi connectivity index (χ1v) is 6.38. The largest absolute Gasteiger partial charge is 0.444 e. The molecule has 1 atom stereocenters. The standard InChI is InChI=1S/C13H21NO3/c1-13(2,3)17-12(16)14-8-10(15)6-7-11(14)9-4-5-9/h9,11H,4-8H2,1-3H3. The highest BCUT2D eigenvalue weighted by Gasteiger charge is 2.41. The van der Waals surface area contributed by atoms with Gasteiger partial charge in [-0.2, -0.15) is 0 Å². The van der Waals surface area contributed by atoms with Crippen molar-refractivity contribution < 1.29 is 14.3 Å². The molecular formula is C13H21NO3. The molecule has 1 saturated carbocycles. The normalized spacial score (nSPS) is 25.9. The number of amides is 1. The second kappa shape index (κ2) is 4.31. The molecule has 4 heteroatoms. The third kappa shape index (κ3) is 3.20. The number of nitrogens with zero attached hydrogens (tertiary/aromatic N) is 1. The minimum atomic E-state index is -0.494. The molecule has 17 heavy (non-hydrogen) atoms. The Balaban J connectivity index is 2.03. The van der Waals surface area contributed by atoms with Gasteiger partial charge < -0.3 is 4.74 Å². The van der Waals surface area contributed by atoms with E-state index in [2.05, 4.69) is 0 Å². The van der Waals surface area contributed by atoms with Crippen molar-refractivity contribution in [3.05, 3.63) is 0 Å². The van der Waals surface area contributed by atoms with Crippen LogP contribution >= 0.6 is 0 Å². The molecule has 1 heterocycles. The van der Waals surface area contributed by atoms with Gasteiger partial charge in [0.15, 0.2) is 5.78 Å². The van der Waals surface area contributed by atoms with Crippen molar-refractivity contribution in [2.24, 2.45) is 5.92 Å². The van der Waals surface area contributed by atoms with Gasteiger partial charge in [-0.25, -0.2) is 4.79 Å². The Morgan fingerprint density at radius 1 is 1.29 bits per heavy atom. The SMILES string of the molecule is CC(C)(C)OC(=O)N1CC(=O)CCC1C1CC1. The molecule has 0 bridgehead atoms. The topological polar surface area (TPSA) is 46.6 Å². The zero-order valence-corrected chi connectivity index (χ0v) is 10.9. The molecule has 1 unspecified atom stereocenters. The predicted octanol–water partition coefficient (Wildman–Crippen LogP) is 2.37. The number of hydrogen-bond donors (Lipinski definition) is 0. The summed E-state index contributed by atoms with van der Waals surface area (Å²) >= 11 is 0. The summed E-state index contributed by atoms with van der Waals surface area (Å²) in [5, 5.41) is 0. The average Bonchev–Trinajstić information content (AvgIpc) is 2.98. The Bertz CT molecular complexity index is 328. The molecule has 0 aromatic carbocycles. The quantitative estimate of drug-likeness (QED) is 0.705. The Hall–Kier alpha value is -1.06. The Morgan fingerprint density at radius 2 is 1.94 bits per heavy atom. The van der Waals surface area contributed by atoms with E-state index in [1.807, 2.05) is 20.8 Å². The zero-order valence-electron chi connectivity index (χ0n) is 10.9. The molecule has 2 aliphatic rings. The summed E-state index contributed by atoms with van der Waals surface area (Å²) in [6.45, 7) is 5.78. The average molecular weight is 239 g/mol. The lowest BCUT2D eigenvalue weighted by molar-refractivity contribution is -0.123. The van der Waals surface area contributed by atoms with Crippen LogP contribution in [0.25, 0.3) is 0 Å². The maximum atomic E-state index is 12.1. The lowest BCUT2D eigenvalue weighted by atomic mass is 9.98. The van der Waals surface area contributed by atoms with Crippen molar-refractivity contribution in [3.8, 4) is 0 Å². The maximum absolute atomic E-state index is 12.1. The number of piperidine rings is 1. The first-order chi connectivity index (χ1) is 7.87. The predicted molar refractivity (Wildman–Crippen MR) is 63.7 cm³/mol. The van der Waals surface area contributed by atoms with Gasteiger partial charge in [-0.3, -0.25) is 9.69 Å². The van der Waals surface area contributed by atoms with Gasteiger partial charge in [0.05, 0.1) is 6.54 Å². The van der Waals surface area contributed by atoms with E-state index in [1.54, 1.807) is 4.90 Å². The van der Waals surface area contributed by atoms with E-state index in [-0.39, 0.29) is 24.5 Å². The van der Waals surface area contributed by atoms with Crippen LogP contribution in [0.5, 0.6) is 0 Å². The number of likely N-dealkylation sites (tertiary alicyclic amines) is 1. The molecule has 1 aliphatic carbocycles. The number of carbonyl (C=O) groups is 2. The summed E-state index contributed by atoms with van der Waals surface area (Å²) in [7, 11) is 0. The number of ketones is 1. The molecule has 2 rings (SSSR count). The highest BCUT2D eigenvalue weighted by Crippen LogP contribution is 2.39. The lowest BCUT2D eigenvalue weighted by Gasteiger charge is -2.36. The molecule has 0 radical (unpaired) electrons. The van der Waals surface area contributed by atoms with Gasteiger partial charge in [-0.15, -0.1) is 0 Å². The lowest BCUT2D eigenvalue weighted by Crippen LogP contribution is -2.50. The van der Waals surface area contributed by atoms with E-state index in [9.17, 15) is 9.59 Å². The molecule has 1 amide bonds. The highest BCUT2D eigenvalue weighted by molar-refractivity contribution is 5.85. The van der Waals surface area contributed by atoms with Gasteiger partial charge in [0.25, 0.3) is 0 Å². The minimum Gasteiger partial charge on any atom is -0.444 e. The molecular weight excluding hydrogens is 218 g/mol. The van der Waals surface area contributed by atoms with E-state index in [0.717, 1.165) is 6.42 Å². The smallest absolute Gasteiger partial charge is 0.410 e. The molecule has 0 spiro atoms. The van der Waals surface area contributed by atoms with E-state index in [0.29, 0.717) is 12.3 Å². The van der Waals surface area contributed by atoms with Crippen LogP contribution < -0.4 is 0 Å². The second-order valence-electron chi connectivity index (χ2n) is 6.09. The number of Topliss-reactive ketones (excluding diaryl/α,β-unsaturated/α-hetero) is 1. The van der Waals surface area contributed by atoms with Gasteiger partial charge in [-0.1, -0.05) is 0 Å². The van der Waals surface area contributed by atoms with Crippen LogP contribution in [0.2, 0.25) is 0 Å². The van der Waals surface area contributed by atoms with Crippen molar-refractivity contribution in [3.63, 3.8) is 0 Å². The van der Waals surface area contributed by atoms with Crippen LogP contribution in [0.4, 0.5) is 4.79 Å². The monoisotopic (exact) mass is 239 g/mol. The van der Waals surface area contributed by atoms with Crippen molar-refractivity contribution in [1.82, 2.24) is 4.90 Å². The summed E-state index contributed by atoms with van der Waals surface area (Å²) in [6.07, 6.45) is 3.45. The van der Waals surface area contributed by atoms with Crippen molar-refractivity contribution in [1.29, 1.82) is 0 Å². The summed E-state index contributed by atoms with van der Waals surface area (Å²) in [4.78, 5) is 25.2. The van der Waals surface area contributed by atoms with Crippen LogP contribution in [0.15, 0.2) is 0 Å². The Morgan fingerprint density at radius 3 is 2.47 bits per heavy atom. The maximum Gasteiger partial charge on any atom is 0.410 e. The molecule has 4 nitrogen and oxygen atoms in total. The molecule has 2 fully saturated rings. The van der Waals surface area contributed by atoms with E-state index in [1.165, 1.54) is 12.8 Å². The fourth-order valence-corrected chi connectivity index (χ4v) is 2.34. The third-order valence-electron chi connectivity index (χ3n) is 3.26. The van der Waals surface area contributed by atoms with Crippen LogP contribution in [0.1, 0.15) is 46.5 Å². The molecule has 1 aliphatic heterocycles. The number of hydrogen-bond acceptors (Lipinski definition) is 3. The summed E-state index contributed by atoms with van der Waals surface area (Å²) in [5.74, 6) is 0.739. The van der Waals surface area contributed by atoms with E-state index in [4.69, 9.17) is 4.74 Å².